The first-order chi connectivity index (χ1) is 14.5. The molecule has 0 saturated carbocycles. The van der Waals surface area contributed by atoms with Crippen LogP contribution in [-0.2, 0) is 4.57 Å². The van der Waals surface area contributed by atoms with Crippen LogP contribution in [0.3, 0.4) is 0 Å². The van der Waals surface area contributed by atoms with E-state index in [1.54, 1.807) is 24.3 Å². The van der Waals surface area contributed by atoms with E-state index in [9.17, 15) is 14.4 Å². The summed E-state index contributed by atoms with van der Waals surface area (Å²) in [5.74, 6) is -0.520. The van der Waals surface area contributed by atoms with Gasteiger partial charge in [-0.25, -0.2) is 0 Å². The van der Waals surface area contributed by atoms with E-state index in [0.717, 1.165) is 19.3 Å². The second-order valence-corrected chi connectivity index (χ2v) is 10.3. The van der Waals surface area contributed by atoms with Crippen molar-refractivity contribution < 1.29 is 19.1 Å². The number of para-hydroxylation sites is 1. The van der Waals surface area contributed by atoms with Gasteiger partial charge >= 0.3 is 7.60 Å². The maximum atomic E-state index is 11.7. The van der Waals surface area contributed by atoms with E-state index < -0.39 is 13.4 Å². The Labute approximate surface area is 185 Å². The van der Waals surface area contributed by atoms with Gasteiger partial charge in [-0.3, -0.25) is 4.57 Å². The molecule has 0 fully saturated rings. The molecule has 0 aliphatic heterocycles. The van der Waals surface area contributed by atoms with Crippen molar-refractivity contribution in [3.05, 3.63) is 30.3 Å². The molecule has 1 aromatic rings. The number of ether oxygens (including phenoxy) is 1. The Morgan fingerprint density at radius 2 is 1.10 bits per heavy atom. The summed E-state index contributed by atoms with van der Waals surface area (Å²) in [5, 5.41) is 0. The quantitative estimate of drug-likeness (QED) is 0.158. The van der Waals surface area contributed by atoms with Gasteiger partial charge in [-0.2, -0.15) is 0 Å². The summed E-state index contributed by atoms with van der Waals surface area (Å²) in [6, 6.07) is 8.93. The molecule has 0 heterocycles. The smallest absolute Gasteiger partial charge is 0.365 e. The Kier molecular flexibility index (Phi) is 16.2. The van der Waals surface area contributed by atoms with E-state index in [-0.39, 0.29) is 0 Å². The van der Waals surface area contributed by atoms with Crippen LogP contribution < -0.4 is 4.74 Å². The summed E-state index contributed by atoms with van der Waals surface area (Å²) in [4.78, 5) is 19.1. The molecule has 0 bridgehead atoms. The second-order valence-electron chi connectivity index (χ2n) is 8.57. The topological polar surface area (TPSA) is 66.8 Å². The van der Waals surface area contributed by atoms with E-state index in [0.29, 0.717) is 12.2 Å². The lowest BCUT2D eigenvalue weighted by Gasteiger charge is -2.20. The molecule has 0 aliphatic rings. The molecule has 0 saturated heterocycles. The predicted octanol–water partition coefficient (Wildman–Crippen LogP) is 8.22. The Morgan fingerprint density at radius 1 is 0.700 bits per heavy atom. The second kappa shape index (κ2) is 17.8. The van der Waals surface area contributed by atoms with Gasteiger partial charge in [0.15, 0.2) is 5.85 Å². The predicted molar refractivity (Wildman–Crippen MR) is 127 cm³/mol. The van der Waals surface area contributed by atoms with Gasteiger partial charge in [-0.05, 0) is 25.0 Å². The van der Waals surface area contributed by atoms with Gasteiger partial charge in [0.25, 0.3) is 0 Å². The summed E-state index contributed by atoms with van der Waals surface area (Å²) in [7, 11) is -4.25. The molecule has 174 valence electrons. The molecular formula is C25H45O4P. The van der Waals surface area contributed by atoms with Crippen molar-refractivity contribution in [3.63, 3.8) is 0 Å². The van der Waals surface area contributed by atoms with Crippen LogP contribution in [0.5, 0.6) is 5.75 Å². The number of rotatable bonds is 20. The number of unbranched alkanes of at least 4 members (excludes halogenated alkanes) is 15. The van der Waals surface area contributed by atoms with Crippen molar-refractivity contribution in [3.8, 4) is 5.75 Å². The molecule has 1 rings (SSSR count). The van der Waals surface area contributed by atoms with Crippen LogP contribution >= 0.6 is 7.60 Å². The zero-order chi connectivity index (χ0) is 21.9. The van der Waals surface area contributed by atoms with Crippen LogP contribution in [-0.4, -0.2) is 15.6 Å². The van der Waals surface area contributed by atoms with Gasteiger partial charge in [0.05, 0.1) is 0 Å². The Balaban J connectivity index is 1.95. The van der Waals surface area contributed by atoms with Crippen molar-refractivity contribution in [1.29, 1.82) is 0 Å². The molecule has 1 unspecified atom stereocenters. The minimum Gasteiger partial charge on any atom is -0.478 e. The highest BCUT2D eigenvalue weighted by Gasteiger charge is 2.30. The van der Waals surface area contributed by atoms with E-state index in [1.807, 2.05) is 6.07 Å². The molecule has 0 radical (unpaired) electrons. The molecular weight excluding hydrogens is 395 g/mol. The first kappa shape index (κ1) is 27.2. The summed E-state index contributed by atoms with van der Waals surface area (Å²) in [5.41, 5.74) is 0. The summed E-state index contributed by atoms with van der Waals surface area (Å²) < 4.78 is 17.2. The third kappa shape index (κ3) is 15.0. The van der Waals surface area contributed by atoms with Crippen LogP contribution in [0.1, 0.15) is 116 Å². The molecule has 4 nitrogen and oxygen atoms in total. The molecule has 0 spiro atoms. The lowest BCUT2D eigenvalue weighted by atomic mass is 10.0. The van der Waals surface area contributed by atoms with Gasteiger partial charge in [-0.15, -0.1) is 0 Å². The molecule has 1 aromatic carbocycles. The molecule has 2 N–H and O–H groups in total. The van der Waals surface area contributed by atoms with Crippen molar-refractivity contribution in [1.82, 2.24) is 0 Å². The van der Waals surface area contributed by atoms with Gasteiger partial charge < -0.3 is 14.5 Å². The average Bonchev–Trinajstić information content (AvgIpc) is 2.72. The highest BCUT2D eigenvalue weighted by Crippen LogP contribution is 2.44. The zero-order valence-corrected chi connectivity index (χ0v) is 20.0. The first-order valence-electron chi connectivity index (χ1n) is 12.3. The molecule has 0 aromatic heterocycles. The number of hydrogen-bond donors (Lipinski definition) is 2. The highest BCUT2D eigenvalue weighted by atomic mass is 31.2. The molecule has 0 amide bonds. The van der Waals surface area contributed by atoms with E-state index >= 15 is 0 Å². The first-order valence-corrected chi connectivity index (χ1v) is 14.0. The molecule has 0 aliphatic carbocycles. The zero-order valence-electron chi connectivity index (χ0n) is 19.1. The SMILES string of the molecule is CCCCCCCCCCCCCCCCCCC(Oc1ccccc1)P(=O)(O)O. The van der Waals surface area contributed by atoms with Crippen molar-refractivity contribution in [2.24, 2.45) is 0 Å². The highest BCUT2D eigenvalue weighted by molar-refractivity contribution is 7.52. The van der Waals surface area contributed by atoms with Crippen LogP contribution in [0.2, 0.25) is 0 Å². The van der Waals surface area contributed by atoms with Crippen LogP contribution in [0, 0.1) is 0 Å². The van der Waals surface area contributed by atoms with Gasteiger partial charge in [0.2, 0.25) is 0 Å². The Hall–Kier alpha value is -0.830. The summed E-state index contributed by atoms with van der Waals surface area (Å²) >= 11 is 0. The lowest BCUT2D eigenvalue weighted by Crippen LogP contribution is -2.16. The van der Waals surface area contributed by atoms with Crippen molar-refractivity contribution in [2.75, 3.05) is 0 Å². The van der Waals surface area contributed by atoms with E-state index in [2.05, 4.69) is 6.92 Å². The molecule has 5 heteroatoms. The van der Waals surface area contributed by atoms with Crippen LogP contribution in [0.25, 0.3) is 0 Å². The maximum Gasteiger partial charge on any atom is 0.365 e. The van der Waals surface area contributed by atoms with Gasteiger partial charge in [0.1, 0.15) is 5.75 Å². The van der Waals surface area contributed by atoms with Crippen molar-refractivity contribution >= 4 is 7.60 Å². The largest absolute Gasteiger partial charge is 0.478 e. The third-order valence-electron chi connectivity index (χ3n) is 5.70. The third-order valence-corrected chi connectivity index (χ3v) is 6.81. The van der Waals surface area contributed by atoms with Crippen molar-refractivity contribution in [2.45, 2.75) is 122 Å². The average molecular weight is 441 g/mol. The van der Waals surface area contributed by atoms with E-state index in [1.165, 1.54) is 83.5 Å². The summed E-state index contributed by atoms with van der Waals surface area (Å²) in [6.45, 7) is 2.27. The minimum absolute atomic E-state index is 0.400. The fourth-order valence-corrected chi connectivity index (χ4v) is 4.60. The monoisotopic (exact) mass is 440 g/mol. The van der Waals surface area contributed by atoms with Gasteiger partial charge in [-0.1, -0.05) is 121 Å². The van der Waals surface area contributed by atoms with Gasteiger partial charge in [0, 0.05) is 0 Å². The molecule has 30 heavy (non-hydrogen) atoms. The van der Waals surface area contributed by atoms with E-state index in [4.69, 9.17) is 4.74 Å². The maximum absolute atomic E-state index is 11.7. The Bertz CT molecular complexity index is 543. The fourth-order valence-electron chi connectivity index (χ4n) is 3.82. The lowest BCUT2D eigenvalue weighted by molar-refractivity contribution is 0.211. The Morgan fingerprint density at radius 3 is 1.50 bits per heavy atom. The normalized spacial score (nSPS) is 12.8. The minimum atomic E-state index is -4.25. The standard InChI is InChI=1S/C25H45O4P/c1-2-3-4-5-6-7-8-9-10-11-12-13-14-15-16-20-23-25(30(26,27)28)29-24-21-18-17-19-22-24/h17-19,21-22,25H,2-16,20,23H2,1H3,(H2,26,27,28). The number of hydrogen-bond acceptors (Lipinski definition) is 2. The van der Waals surface area contributed by atoms with Crippen LogP contribution in [0.4, 0.5) is 0 Å². The molecule has 1 atom stereocenters. The van der Waals surface area contributed by atoms with Crippen LogP contribution in [0.15, 0.2) is 30.3 Å². The number of benzene rings is 1. The fraction of sp³-hybridized carbons (Fsp3) is 0.760. The summed E-state index contributed by atoms with van der Waals surface area (Å²) in [6.07, 6.45) is 21.0.